The van der Waals surface area contributed by atoms with Gasteiger partial charge in [0, 0.05) is 4.78 Å². The number of fused-ring (bicyclic) bond motifs is 1. The molecule has 0 atom stereocenters. The van der Waals surface area contributed by atoms with Crippen molar-refractivity contribution in [3.63, 3.8) is 0 Å². The standard InChI is InChI=1S/C8H5BClFO2S/c10-5-2-1-4-3-6(9(12)13)14-8(4)7(5)11/h1-3,12-13H. The molecule has 0 fully saturated rings. The quantitative estimate of drug-likeness (QED) is 0.727. The summed E-state index contributed by atoms with van der Waals surface area (Å²) in [4.78, 5) is 0. The largest absolute Gasteiger partial charge is 0.499 e. The highest BCUT2D eigenvalue weighted by atomic mass is 35.5. The lowest BCUT2D eigenvalue weighted by Crippen LogP contribution is -2.26. The number of halogens is 2. The Hall–Kier alpha value is -0.615. The molecule has 72 valence electrons. The summed E-state index contributed by atoms with van der Waals surface area (Å²) in [6.07, 6.45) is 0. The molecule has 0 saturated carbocycles. The zero-order valence-electron chi connectivity index (χ0n) is 6.87. The van der Waals surface area contributed by atoms with Crippen molar-refractivity contribution in [1.82, 2.24) is 0 Å². The average molecular weight is 230 g/mol. The lowest BCUT2D eigenvalue weighted by molar-refractivity contribution is 0.427. The van der Waals surface area contributed by atoms with E-state index in [1.807, 2.05) is 0 Å². The Bertz CT molecular complexity index is 485. The monoisotopic (exact) mass is 230 g/mol. The highest BCUT2D eigenvalue weighted by Gasteiger charge is 2.17. The molecule has 14 heavy (non-hydrogen) atoms. The fourth-order valence-corrected chi connectivity index (χ4v) is 2.38. The van der Waals surface area contributed by atoms with Crippen molar-refractivity contribution in [3.05, 3.63) is 29.0 Å². The van der Waals surface area contributed by atoms with Gasteiger partial charge in [-0.1, -0.05) is 17.7 Å². The molecule has 0 bridgehead atoms. The molecule has 1 aromatic carbocycles. The maximum absolute atomic E-state index is 13.4. The van der Waals surface area contributed by atoms with Crippen molar-refractivity contribution in [2.45, 2.75) is 0 Å². The molecule has 1 heterocycles. The Kier molecular flexibility index (Phi) is 2.49. The van der Waals surface area contributed by atoms with Crippen LogP contribution >= 0.6 is 22.9 Å². The molecule has 0 aliphatic carbocycles. The van der Waals surface area contributed by atoms with Crippen LogP contribution in [0.4, 0.5) is 4.39 Å². The predicted octanol–water partition coefficient (Wildman–Crippen LogP) is 1.37. The van der Waals surface area contributed by atoms with Crippen LogP contribution in [0, 0.1) is 5.82 Å². The van der Waals surface area contributed by atoms with E-state index < -0.39 is 12.9 Å². The second-order valence-electron chi connectivity index (χ2n) is 2.80. The number of benzene rings is 1. The molecule has 0 aliphatic heterocycles. The minimum atomic E-state index is -1.56. The van der Waals surface area contributed by atoms with Gasteiger partial charge in [-0.15, -0.1) is 11.3 Å². The van der Waals surface area contributed by atoms with Gasteiger partial charge in [-0.25, -0.2) is 4.39 Å². The van der Waals surface area contributed by atoms with Crippen LogP contribution < -0.4 is 4.78 Å². The van der Waals surface area contributed by atoms with Crippen LogP contribution in [0.2, 0.25) is 5.02 Å². The minimum absolute atomic E-state index is 0.0401. The Morgan fingerprint density at radius 3 is 2.71 bits per heavy atom. The third-order valence-electron chi connectivity index (χ3n) is 1.85. The van der Waals surface area contributed by atoms with Crippen LogP contribution in [-0.4, -0.2) is 17.2 Å². The summed E-state index contributed by atoms with van der Waals surface area (Å²) in [5, 5.41) is 18.5. The van der Waals surface area contributed by atoms with Crippen LogP contribution in [0.15, 0.2) is 18.2 Å². The lowest BCUT2D eigenvalue weighted by atomic mass is 9.89. The van der Waals surface area contributed by atoms with Gasteiger partial charge in [0.05, 0.1) is 9.72 Å². The van der Waals surface area contributed by atoms with E-state index >= 15 is 0 Å². The number of thiophene rings is 1. The van der Waals surface area contributed by atoms with Gasteiger partial charge in [0.2, 0.25) is 0 Å². The maximum atomic E-state index is 13.4. The van der Waals surface area contributed by atoms with Gasteiger partial charge in [0.1, 0.15) is 0 Å². The Balaban J connectivity index is 2.71. The van der Waals surface area contributed by atoms with Gasteiger partial charge in [0.25, 0.3) is 0 Å². The first-order valence-corrected chi connectivity index (χ1v) is 5.02. The molecular formula is C8H5BClFO2S. The van der Waals surface area contributed by atoms with Crippen LogP contribution in [0.3, 0.4) is 0 Å². The van der Waals surface area contributed by atoms with E-state index in [0.717, 1.165) is 11.3 Å². The van der Waals surface area contributed by atoms with Crippen LogP contribution in [0.25, 0.3) is 10.1 Å². The van der Waals surface area contributed by atoms with Crippen molar-refractivity contribution in [1.29, 1.82) is 0 Å². The van der Waals surface area contributed by atoms with E-state index in [-0.39, 0.29) is 5.02 Å². The van der Waals surface area contributed by atoms with Crippen LogP contribution in [0.1, 0.15) is 0 Å². The summed E-state index contributed by atoms with van der Waals surface area (Å²) in [6.45, 7) is 0. The van der Waals surface area contributed by atoms with Crippen molar-refractivity contribution in [3.8, 4) is 0 Å². The molecule has 2 N–H and O–H groups in total. The summed E-state index contributed by atoms with van der Waals surface area (Å²) in [5.74, 6) is -0.513. The second kappa shape index (κ2) is 3.51. The topological polar surface area (TPSA) is 40.5 Å². The van der Waals surface area contributed by atoms with Crippen LogP contribution in [0.5, 0.6) is 0 Å². The molecule has 2 nitrogen and oxygen atoms in total. The molecule has 0 radical (unpaired) electrons. The van der Waals surface area contributed by atoms with Gasteiger partial charge >= 0.3 is 7.12 Å². The number of hydrogen-bond donors (Lipinski definition) is 2. The first kappa shape index (κ1) is 9.92. The van der Waals surface area contributed by atoms with E-state index in [9.17, 15) is 4.39 Å². The summed E-state index contributed by atoms with van der Waals surface area (Å²) in [7, 11) is -1.56. The predicted molar refractivity (Wildman–Crippen MR) is 56.6 cm³/mol. The van der Waals surface area contributed by atoms with E-state index in [2.05, 4.69) is 0 Å². The van der Waals surface area contributed by atoms with E-state index in [0.29, 0.717) is 14.9 Å². The molecule has 0 amide bonds. The van der Waals surface area contributed by atoms with Crippen molar-refractivity contribution in [2.24, 2.45) is 0 Å². The first-order chi connectivity index (χ1) is 6.59. The smallest absolute Gasteiger partial charge is 0.423 e. The molecule has 2 aromatic rings. The Morgan fingerprint density at radius 2 is 2.07 bits per heavy atom. The molecule has 6 heteroatoms. The summed E-state index contributed by atoms with van der Waals surface area (Å²) >= 11 is 6.57. The van der Waals surface area contributed by atoms with Crippen molar-refractivity contribution >= 4 is 44.9 Å². The normalized spacial score (nSPS) is 10.9. The van der Waals surface area contributed by atoms with Gasteiger partial charge in [0.15, 0.2) is 5.82 Å². The highest BCUT2D eigenvalue weighted by Crippen LogP contribution is 2.27. The van der Waals surface area contributed by atoms with E-state index in [1.165, 1.54) is 12.1 Å². The van der Waals surface area contributed by atoms with Gasteiger partial charge in [-0.05, 0) is 17.5 Å². The molecular weight excluding hydrogens is 225 g/mol. The summed E-state index contributed by atoms with van der Waals surface area (Å²) in [6, 6.07) is 4.62. The molecule has 0 aliphatic rings. The fraction of sp³-hybridized carbons (Fsp3) is 0. The Morgan fingerprint density at radius 1 is 1.36 bits per heavy atom. The average Bonchev–Trinajstić information content (AvgIpc) is 2.56. The summed E-state index contributed by atoms with van der Waals surface area (Å²) < 4.78 is 14.0. The van der Waals surface area contributed by atoms with E-state index in [1.54, 1.807) is 6.07 Å². The van der Waals surface area contributed by atoms with Crippen LogP contribution in [-0.2, 0) is 0 Å². The molecule has 1 aromatic heterocycles. The van der Waals surface area contributed by atoms with E-state index in [4.69, 9.17) is 21.6 Å². The first-order valence-electron chi connectivity index (χ1n) is 3.83. The lowest BCUT2D eigenvalue weighted by Gasteiger charge is -1.93. The van der Waals surface area contributed by atoms with Gasteiger partial charge in [-0.3, -0.25) is 0 Å². The molecule has 0 saturated heterocycles. The zero-order valence-corrected chi connectivity index (χ0v) is 8.44. The minimum Gasteiger partial charge on any atom is -0.423 e. The van der Waals surface area contributed by atoms with Crippen molar-refractivity contribution in [2.75, 3.05) is 0 Å². The third-order valence-corrected chi connectivity index (χ3v) is 3.33. The Labute approximate surface area is 88.7 Å². The number of hydrogen-bond acceptors (Lipinski definition) is 3. The fourth-order valence-electron chi connectivity index (χ4n) is 1.19. The van der Waals surface area contributed by atoms with Gasteiger partial charge < -0.3 is 10.0 Å². The third kappa shape index (κ3) is 1.52. The van der Waals surface area contributed by atoms with Crippen molar-refractivity contribution < 1.29 is 14.4 Å². The molecule has 0 unspecified atom stereocenters. The SMILES string of the molecule is OB(O)c1cc2ccc(Cl)c(F)c2s1. The zero-order chi connectivity index (χ0) is 10.3. The summed E-state index contributed by atoms with van der Waals surface area (Å²) in [5.41, 5.74) is 0. The molecule has 0 spiro atoms. The molecule has 2 rings (SSSR count). The van der Waals surface area contributed by atoms with Gasteiger partial charge in [-0.2, -0.15) is 0 Å². The second-order valence-corrected chi connectivity index (χ2v) is 4.29. The maximum Gasteiger partial charge on any atom is 0.499 e. The number of rotatable bonds is 1. The highest BCUT2D eigenvalue weighted by molar-refractivity contribution is 7.27.